The van der Waals surface area contributed by atoms with Gasteiger partial charge in [0.2, 0.25) is 17.7 Å². The number of carbonyl (C=O) groups excluding carboxylic acids is 4. The van der Waals surface area contributed by atoms with Crippen LogP contribution in [0.15, 0.2) is 24.3 Å². The highest BCUT2D eigenvalue weighted by atomic mass is 16.5. The first-order valence-corrected chi connectivity index (χ1v) is 12.6. The van der Waals surface area contributed by atoms with Gasteiger partial charge in [0, 0.05) is 6.42 Å². The zero-order valence-corrected chi connectivity index (χ0v) is 22.3. The Balaban J connectivity index is 2.21. The third-order valence-electron chi connectivity index (χ3n) is 6.37. The van der Waals surface area contributed by atoms with Gasteiger partial charge in [-0.05, 0) is 50.3 Å². The third-order valence-corrected chi connectivity index (χ3v) is 6.37. The van der Waals surface area contributed by atoms with Crippen LogP contribution in [-0.2, 0) is 30.3 Å². The van der Waals surface area contributed by atoms with E-state index < -0.39 is 47.0 Å². The molecule has 2 rings (SSSR count). The van der Waals surface area contributed by atoms with E-state index in [0.717, 1.165) is 0 Å². The quantitative estimate of drug-likeness (QED) is 0.148. The average Bonchev–Trinajstić information content (AvgIpc) is 2.82. The van der Waals surface area contributed by atoms with Crippen LogP contribution in [0.4, 0.5) is 0 Å². The SMILES string of the molecule is CC[C@@](C)(C=O)NC(=O)[C@H](CC(C)C)NC(=O)[C@H](Cc1ccc(O)cc1)NC(=O)[C@H](C)NC1(N)COC1. The lowest BCUT2D eigenvalue weighted by molar-refractivity contribution is -0.134. The minimum Gasteiger partial charge on any atom is -0.508 e. The van der Waals surface area contributed by atoms with E-state index in [2.05, 4.69) is 21.3 Å². The van der Waals surface area contributed by atoms with Gasteiger partial charge in [0.15, 0.2) is 0 Å². The van der Waals surface area contributed by atoms with E-state index in [1.807, 2.05) is 13.8 Å². The molecule has 1 saturated heterocycles. The Bertz CT molecular complexity index is 949. The summed E-state index contributed by atoms with van der Waals surface area (Å²) in [6.45, 7) is 9.41. The molecule has 3 amide bonds. The molecule has 4 atom stereocenters. The molecule has 0 bridgehead atoms. The molecule has 0 aromatic heterocycles. The molecule has 1 heterocycles. The van der Waals surface area contributed by atoms with E-state index in [1.165, 1.54) is 12.1 Å². The molecule has 0 unspecified atom stereocenters. The average molecular weight is 520 g/mol. The van der Waals surface area contributed by atoms with Gasteiger partial charge in [0.25, 0.3) is 0 Å². The molecule has 0 spiro atoms. The number of phenols is 1. The highest BCUT2D eigenvalue weighted by Crippen LogP contribution is 2.14. The molecule has 0 radical (unpaired) electrons. The Morgan fingerprint density at radius 3 is 2.16 bits per heavy atom. The van der Waals surface area contributed by atoms with Crippen molar-refractivity contribution in [2.24, 2.45) is 11.7 Å². The number of hydrogen-bond acceptors (Lipinski definition) is 8. The van der Waals surface area contributed by atoms with Crippen LogP contribution in [0, 0.1) is 5.92 Å². The van der Waals surface area contributed by atoms with Gasteiger partial charge >= 0.3 is 0 Å². The molecular formula is C26H41N5O6. The van der Waals surface area contributed by atoms with Crippen LogP contribution < -0.4 is 27.0 Å². The van der Waals surface area contributed by atoms with E-state index in [4.69, 9.17) is 10.5 Å². The minimum absolute atomic E-state index is 0.0694. The van der Waals surface area contributed by atoms with Crippen LogP contribution in [0.3, 0.4) is 0 Å². The van der Waals surface area contributed by atoms with Crippen LogP contribution in [0.1, 0.15) is 53.0 Å². The Morgan fingerprint density at radius 1 is 1.08 bits per heavy atom. The monoisotopic (exact) mass is 519 g/mol. The van der Waals surface area contributed by atoms with Crippen molar-refractivity contribution < 1.29 is 29.0 Å². The normalized spacial score (nSPS) is 18.5. The number of hydrogen-bond donors (Lipinski definition) is 6. The number of phenolic OH excluding ortho intramolecular Hbond substituents is 1. The molecule has 11 nitrogen and oxygen atoms in total. The van der Waals surface area contributed by atoms with E-state index >= 15 is 0 Å². The van der Waals surface area contributed by atoms with Gasteiger partial charge in [-0.15, -0.1) is 0 Å². The molecule has 37 heavy (non-hydrogen) atoms. The number of aromatic hydroxyl groups is 1. The molecule has 0 saturated carbocycles. The summed E-state index contributed by atoms with van der Waals surface area (Å²) in [6, 6.07) is 3.65. The fourth-order valence-corrected chi connectivity index (χ4v) is 3.82. The Labute approximate surface area is 218 Å². The Morgan fingerprint density at radius 2 is 1.68 bits per heavy atom. The van der Waals surface area contributed by atoms with Crippen LogP contribution in [-0.4, -0.2) is 71.7 Å². The summed E-state index contributed by atoms with van der Waals surface area (Å²) in [7, 11) is 0. The number of ether oxygens (including phenoxy) is 1. The summed E-state index contributed by atoms with van der Waals surface area (Å²) in [5, 5.41) is 20.9. The third kappa shape index (κ3) is 9.10. The molecule has 11 heteroatoms. The summed E-state index contributed by atoms with van der Waals surface area (Å²) in [4.78, 5) is 51.0. The summed E-state index contributed by atoms with van der Waals surface area (Å²) >= 11 is 0. The molecule has 1 aliphatic heterocycles. The van der Waals surface area contributed by atoms with E-state index in [9.17, 15) is 24.3 Å². The Kier molecular flexibility index (Phi) is 10.6. The topological polar surface area (TPSA) is 172 Å². The number of carbonyl (C=O) groups is 4. The fraction of sp³-hybridized carbons (Fsp3) is 0.615. The summed E-state index contributed by atoms with van der Waals surface area (Å²) in [5.74, 6) is -1.32. The molecule has 1 aromatic rings. The molecule has 0 aliphatic carbocycles. The van der Waals surface area contributed by atoms with Crippen molar-refractivity contribution in [2.75, 3.05) is 13.2 Å². The predicted molar refractivity (Wildman–Crippen MR) is 138 cm³/mol. The number of benzene rings is 1. The van der Waals surface area contributed by atoms with Crippen LogP contribution in [0.5, 0.6) is 5.75 Å². The van der Waals surface area contributed by atoms with E-state index in [0.29, 0.717) is 24.7 Å². The zero-order valence-electron chi connectivity index (χ0n) is 22.3. The first kappa shape index (κ1) is 30.2. The van der Waals surface area contributed by atoms with E-state index in [-0.39, 0.29) is 31.3 Å². The standard InChI is InChI=1S/C26H41N5O6/c1-6-25(5,13-32)31-24(36)20(11-16(2)3)29-23(35)21(12-18-7-9-19(33)10-8-18)28-22(34)17(4)30-26(27)14-37-15-26/h7-10,13,16-17,20-21,30,33H,6,11-12,14-15,27H2,1-5H3,(H,28,34)(H,29,35)(H,31,36)/t17-,20-,21-,25-/m0/s1. The zero-order chi connectivity index (χ0) is 27.8. The molecule has 7 N–H and O–H groups in total. The second-order valence-corrected chi connectivity index (χ2v) is 10.5. The summed E-state index contributed by atoms with van der Waals surface area (Å²) in [6.07, 6.45) is 1.53. The highest BCUT2D eigenvalue weighted by Gasteiger charge is 2.37. The fourth-order valence-electron chi connectivity index (χ4n) is 3.82. The van der Waals surface area contributed by atoms with Gasteiger partial charge in [0.1, 0.15) is 29.8 Å². The number of rotatable bonds is 14. The van der Waals surface area contributed by atoms with Gasteiger partial charge in [-0.3, -0.25) is 19.7 Å². The van der Waals surface area contributed by atoms with Gasteiger partial charge in [-0.2, -0.15) is 0 Å². The lowest BCUT2D eigenvalue weighted by Crippen LogP contribution is -2.71. The summed E-state index contributed by atoms with van der Waals surface area (Å²) < 4.78 is 5.11. The Hall–Kier alpha value is -3.02. The number of nitrogens with one attached hydrogen (secondary N) is 4. The molecule has 1 aromatic carbocycles. The first-order chi connectivity index (χ1) is 17.3. The smallest absolute Gasteiger partial charge is 0.243 e. The van der Waals surface area contributed by atoms with Gasteiger partial charge in [-0.1, -0.05) is 32.9 Å². The van der Waals surface area contributed by atoms with Crippen molar-refractivity contribution in [1.29, 1.82) is 0 Å². The van der Waals surface area contributed by atoms with E-state index in [1.54, 1.807) is 32.9 Å². The maximum absolute atomic E-state index is 13.4. The first-order valence-electron chi connectivity index (χ1n) is 12.6. The van der Waals surface area contributed by atoms with Crippen LogP contribution >= 0.6 is 0 Å². The maximum Gasteiger partial charge on any atom is 0.243 e. The maximum atomic E-state index is 13.4. The molecule has 1 aliphatic rings. The predicted octanol–water partition coefficient (Wildman–Crippen LogP) is 0.0975. The number of nitrogens with two attached hydrogens (primary N) is 1. The van der Waals surface area contributed by atoms with Crippen LogP contribution in [0.2, 0.25) is 0 Å². The highest BCUT2D eigenvalue weighted by molar-refractivity contribution is 5.94. The van der Waals surface area contributed by atoms with Crippen molar-refractivity contribution >= 4 is 24.0 Å². The molecule has 206 valence electrons. The van der Waals surface area contributed by atoms with Gasteiger partial charge in [-0.25, -0.2) is 0 Å². The minimum atomic E-state index is -1.05. The largest absolute Gasteiger partial charge is 0.508 e. The number of amides is 3. The van der Waals surface area contributed by atoms with Crippen molar-refractivity contribution in [3.05, 3.63) is 29.8 Å². The van der Waals surface area contributed by atoms with Crippen molar-refractivity contribution in [2.45, 2.75) is 83.2 Å². The lowest BCUT2D eigenvalue weighted by atomic mass is 9.97. The molecule has 1 fully saturated rings. The van der Waals surface area contributed by atoms with Crippen LogP contribution in [0.25, 0.3) is 0 Å². The second kappa shape index (κ2) is 13.0. The van der Waals surface area contributed by atoms with Crippen molar-refractivity contribution in [3.63, 3.8) is 0 Å². The summed E-state index contributed by atoms with van der Waals surface area (Å²) in [5.41, 5.74) is 4.94. The van der Waals surface area contributed by atoms with Crippen molar-refractivity contribution in [3.8, 4) is 5.75 Å². The van der Waals surface area contributed by atoms with Crippen molar-refractivity contribution in [1.82, 2.24) is 21.3 Å². The second-order valence-electron chi connectivity index (χ2n) is 10.5. The van der Waals surface area contributed by atoms with Gasteiger partial charge < -0.3 is 36.3 Å². The van der Waals surface area contributed by atoms with Gasteiger partial charge in [0.05, 0.1) is 24.8 Å². The number of aldehydes is 1. The molecular weight excluding hydrogens is 478 g/mol. The lowest BCUT2D eigenvalue weighted by Gasteiger charge is -2.40.